The second-order valence-electron chi connectivity index (χ2n) is 7.32. The number of H-pyrrole nitrogens is 1. The fraction of sp³-hybridized carbons (Fsp3) is 0.0417. The zero-order chi connectivity index (χ0) is 22.8. The van der Waals surface area contributed by atoms with Crippen LogP contribution < -0.4 is 16.1 Å². The van der Waals surface area contributed by atoms with E-state index < -0.39 is 17.2 Å². The Labute approximate surface area is 187 Å². The number of aromatic amines is 1. The van der Waals surface area contributed by atoms with Gasteiger partial charge in [-0.25, -0.2) is 9.97 Å². The summed E-state index contributed by atoms with van der Waals surface area (Å²) in [4.78, 5) is 48.9. The molecule has 0 bridgehead atoms. The number of amides is 2. The number of anilines is 1. The summed E-state index contributed by atoms with van der Waals surface area (Å²) in [5.41, 5.74) is 2.45. The van der Waals surface area contributed by atoms with Gasteiger partial charge in [-0.2, -0.15) is 0 Å². The van der Waals surface area contributed by atoms with Gasteiger partial charge in [-0.3, -0.25) is 19.0 Å². The lowest BCUT2D eigenvalue weighted by Gasteiger charge is -2.08. The molecule has 0 aliphatic rings. The van der Waals surface area contributed by atoms with E-state index in [1.54, 1.807) is 42.7 Å². The molecule has 5 rings (SSSR count). The van der Waals surface area contributed by atoms with Crippen LogP contribution in [0.1, 0.15) is 10.4 Å². The average Bonchev–Trinajstić information content (AvgIpc) is 3.28. The molecule has 3 heterocycles. The topological polar surface area (TPSA) is 122 Å². The number of aromatic nitrogens is 4. The van der Waals surface area contributed by atoms with Gasteiger partial charge in [0.25, 0.3) is 5.91 Å². The number of carbonyl (C=O) groups is 2. The van der Waals surface area contributed by atoms with E-state index in [2.05, 4.69) is 25.6 Å². The number of para-hydroxylation sites is 3. The Kier molecular flexibility index (Phi) is 5.12. The van der Waals surface area contributed by atoms with Crippen LogP contribution in [-0.2, 0) is 4.79 Å². The Bertz CT molecular complexity index is 1550. The van der Waals surface area contributed by atoms with E-state index in [9.17, 15) is 14.4 Å². The van der Waals surface area contributed by atoms with Crippen molar-refractivity contribution in [2.45, 2.75) is 0 Å². The number of nitrogens with zero attached hydrogens (tertiary/aromatic N) is 3. The Morgan fingerprint density at radius 3 is 2.64 bits per heavy atom. The minimum Gasteiger partial charge on any atom is -0.360 e. The summed E-state index contributed by atoms with van der Waals surface area (Å²) in [6, 6.07) is 18.1. The van der Waals surface area contributed by atoms with Crippen LogP contribution in [0.25, 0.3) is 27.8 Å². The molecule has 9 heteroatoms. The van der Waals surface area contributed by atoms with Crippen molar-refractivity contribution < 1.29 is 9.59 Å². The summed E-state index contributed by atoms with van der Waals surface area (Å²) < 4.78 is 1.85. The third kappa shape index (κ3) is 3.94. The first-order chi connectivity index (χ1) is 16.1. The lowest BCUT2D eigenvalue weighted by atomic mass is 10.1. The maximum atomic E-state index is 12.5. The van der Waals surface area contributed by atoms with Crippen LogP contribution in [0.2, 0.25) is 0 Å². The summed E-state index contributed by atoms with van der Waals surface area (Å²) in [7, 11) is 0. The highest BCUT2D eigenvalue weighted by Crippen LogP contribution is 2.17. The Morgan fingerprint density at radius 1 is 0.970 bits per heavy atom. The molecule has 3 N–H and O–H groups in total. The van der Waals surface area contributed by atoms with Gasteiger partial charge in [-0.1, -0.05) is 24.3 Å². The zero-order valence-electron chi connectivity index (χ0n) is 17.3. The van der Waals surface area contributed by atoms with Crippen LogP contribution in [0.3, 0.4) is 0 Å². The van der Waals surface area contributed by atoms with Gasteiger partial charge >= 0.3 is 0 Å². The zero-order valence-corrected chi connectivity index (χ0v) is 17.3. The molecule has 0 atom stereocenters. The van der Waals surface area contributed by atoms with Gasteiger partial charge in [0.1, 0.15) is 17.7 Å². The van der Waals surface area contributed by atoms with Crippen molar-refractivity contribution in [3.8, 4) is 5.82 Å². The van der Waals surface area contributed by atoms with Crippen LogP contribution in [0.15, 0.2) is 84.2 Å². The van der Waals surface area contributed by atoms with Gasteiger partial charge in [-0.15, -0.1) is 0 Å². The van der Waals surface area contributed by atoms with Crippen LogP contribution in [0.5, 0.6) is 0 Å². The predicted molar refractivity (Wildman–Crippen MR) is 124 cm³/mol. The van der Waals surface area contributed by atoms with E-state index in [0.29, 0.717) is 22.4 Å². The van der Waals surface area contributed by atoms with Gasteiger partial charge in [-0.05, 0) is 36.4 Å². The predicted octanol–water partition coefficient (Wildman–Crippen LogP) is 2.63. The monoisotopic (exact) mass is 438 g/mol. The fourth-order valence-electron chi connectivity index (χ4n) is 3.54. The van der Waals surface area contributed by atoms with Gasteiger partial charge < -0.3 is 15.6 Å². The summed E-state index contributed by atoms with van der Waals surface area (Å²) in [6.45, 7) is -0.293. The molecule has 0 aliphatic carbocycles. The molecule has 162 valence electrons. The number of imidazole rings is 1. The summed E-state index contributed by atoms with van der Waals surface area (Å²) in [5, 5.41) is 5.56. The molecule has 2 amide bonds. The van der Waals surface area contributed by atoms with E-state index in [4.69, 9.17) is 0 Å². The number of benzene rings is 2. The minimum atomic E-state index is -0.627. The molecular weight excluding hydrogens is 420 g/mol. The first-order valence-corrected chi connectivity index (χ1v) is 10.2. The van der Waals surface area contributed by atoms with Crippen LogP contribution in [0, 0.1) is 0 Å². The molecule has 33 heavy (non-hydrogen) atoms. The van der Waals surface area contributed by atoms with Crippen LogP contribution >= 0.6 is 0 Å². The largest absolute Gasteiger partial charge is 0.360 e. The molecule has 0 saturated heterocycles. The quantitative estimate of drug-likeness (QED) is 0.389. The van der Waals surface area contributed by atoms with Gasteiger partial charge in [0, 0.05) is 17.1 Å². The summed E-state index contributed by atoms with van der Waals surface area (Å²) in [5.74, 6) is -0.411. The van der Waals surface area contributed by atoms with Crippen molar-refractivity contribution in [3.05, 3.63) is 95.2 Å². The molecule has 5 aromatic rings. The first-order valence-electron chi connectivity index (χ1n) is 10.2. The number of nitrogens with one attached hydrogen (secondary N) is 3. The molecule has 3 aromatic heterocycles. The van der Waals surface area contributed by atoms with Crippen molar-refractivity contribution in [1.29, 1.82) is 0 Å². The van der Waals surface area contributed by atoms with Crippen molar-refractivity contribution >= 4 is 39.4 Å². The molecular formula is C24H18N6O3. The molecule has 0 unspecified atom stereocenters. The van der Waals surface area contributed by atoms with E-state index in [1.807, 2.05) is 28.8 Å². The molecule has 2 aromatic carbocycles. The fourth-order valence-corrected chi connectivity index (χ4v) is 3.54. The number of rotatable bonds is 5. The number of carbonyl (C=O) groups excluding carboxylic acids is 2. The van der Waals surface area contributed by atoms with E-state index in [1.165, 1.54) is 12.4 Å². The van der Waals surface area contributed by atoms with E-state index >= 15 is 0 Å². The summed E-state index contributed by atoms with van der Waals surface area (Å²) >= 11 is 0. The van der Waals surface area contributed by atoms with Crippen molar-refractivity contribution in [2.75, 3.05) is 11.9 Å². The molecule has 0 saturated carbocycles. The highest BCUT2D eigenvalue weighted by atomic mass is 16.2. The third-order valence-corrected chi connectivity index (χ3v) is 5.17. The van der Waals surface area contributed by atoms with Crippen LogP contribution in [0.4, 0.5) is 5.69 Å². The van der Waals surface area contributed by atoms with Crippen molar-refractivity contribution in [2.24, 2.45) is 0 Å². The second kappa shape index (κ2) is 8.39. The van der Waals surface area contributed by atoms with Crippen molar-refractivity contribution in [3.63, 3.8) is 0 Å². The summed E-state index contributed by atoms with van der Waals surface area (Å²) in [6.07, 6.45) is 4.56. The number of pyridine rings is 2. The third-order valence-electron chi connectivity index (χ3n) is 5.17. The first kappa shape index (κ1) is 20.1. The Hall–Kier alpha value is -4.79. The smallest absolute Gasteiger partial charge is 0.257 e. The standard InChI is InChI=1S/C24H18N6O3/c31-22(13-27-24(33)17-12-25-18-6-2-1-5-16(18)23(17)32)29-15-9-10-21(26-11-15)30-14-28-19-7-3-4-8-20(19)30/h1-12,14H,13H2,(H,25,32)(H,27,33)(H,29,31). The normalized spacial score (nSPS) is 10.9. The number of hydrogen-bond donors (Lipinski definition) is 3. The lowest BCUT2D eigenvalue weighted by Crippen LogP contribution is -2.35. The van der Waals surface area contributed by atoms with Gasteiger partial charge in [0.05, 0.1) is 29.5 Å². The van der Waals surface area contributed by atoms with E-state index in [-0.39, 0.29) is 12.1 Å². The highest BCUT2D eigenvalue weighted by molar-refractivity contribution is 6.00. The van der Waals surface area contributed by atoms with E-state index in [0.717, 1.165) is 11.0 Å². The second-order valence-corrected chi connectivity index (χ2v) is 7.32. The van der Waals surface area contributed by atoms with Gasteiger partial charge in [0.15, 0.2) is 0 Å². The maximum Gasteiger partial charge on any atom is 0.257 e. The molecule has 9 nitrogen and oxygen atoms in total. The maximum absolute atomic E-state index is 12.5. The molecule has 0 fully saturated rings. The van der Waals surface area contributed by atoms with Crippen LogP contribution in [-0.4, -0.2) is 37.9 Å². The molecule has 0 radical (unpaired) electrons. The van der Waals surface area contributed by atoms with Gasteiger partial charge in [0.2, 0.25) is 11.3 Å². The molecule has 0 spiro atoms. The lowest BCUT2D eigenvalue weighted by molar-refractivity contribution is -0.115. The number of fused-ring (bicyclic) bond motifs is 2. The minimum absolute atomic E-state index is 0.0555. The number of hydrogen-bond acceptors (Lipinski definition) is 5. The Balaban J connectivity index is 1.23. The Morgan fingerprint density at radius 2 is 1.79 bits per heavy atom. The highest BCUT2D eigenvalue weighted by Gasteiger charge is 2.14. The average molecular weight is 438 g/mol. The van der Waals surface area contributed by atoms with Crippen molar-refractivity contribution in [1.82, 2.24) is 24.8 Å². The SMILES string of the molecule is O=C(CNC(=O)c1c[nH]c2ccccc2c1=O)Nc1ccc(-n2cnc3ccccc32)nc1. The molecule has 0 aliphatic heterocycles.